The second kappa shape index (κ2) is 6.99. The number of nitrogens with zero attached hydrogens (tertiary/aromatic N) is 2. The molecule has 1 aromatic carbocycles. The molecule has 2 atom stereocenters. The van der Waals surface area contributed by atoms with Crippen LogP contribution in [0.15, 0.2) is 54.9 Å². The van der Waals surface area contributed by atoms with Crippen LogP contribution in [-0.4, -0.2) is 28.9 Å². The van der Waals surface area contributed by atoms with Gasteiger partial charge in [0.25, 0.3) is 0 Å². The number of pyridine rings is 1. The molecule has 0 aliphatic rings. The molecule has 2 N–H and O–H groups in total. The van der Waals surface area contributed by atoms with Gasteiger partial charge < -0.3 is 10.6 Å². The minimum Gasteiger partial charge on any atom is -0.338 e. The Kier molecular flexibility index (Phi) is 5.06. The molecule has 1 unspecified atom stereocenters. The highest BCUT2D eigenvalue weighted by Crippen LogP contribution is 2.18. The van der Waals surface area contributed by atoms with Crippen LogP contribution >= 0.6 is 0 Å². The zero-order valence-electron chi connectivity index (χ0n) is 12.4. The van der Waals surface area contributed by atoms with Gasteiger partial charge in [-0.05, 0) is 36.6 Å². The summed E-state index contributed by atoms with van der Waals surface area (Å²) in [6.45, 7) is 1.99. The van der Waals surface area contributed by atoms with E-state index >= 15 is 0 Å². The lowest BCUT2D eigenvalue weighted by Gasteiger charge is -2.28. The van der Waals surface area contributed by atoms with Crippen LogP contribution in [0.4, 0.5) is 0 Å². The first kappa shape index (κ1) is 15.2. The van der Waals surface area contributed by atoms with Crippen LogP contribution in [0, 0.1) is 0 Å². The van der Waals surface area contributed by atoms with E-state index in [1.807, 2.05) is 49.4 Å². The SMILES string of the molecule is CC(c1ccncc1)N(C)C(=O)[C@H](N)Cc1ccccc1. The van der Waals surface area contributed by atoms with Crippen molar-refractivity contribution in [3.8, 4) is 0 Å². The van der Waals surface area contributed by atoms with Crippen LogP contribution in [0.3, 0.4) is 0 Å². The second-order valence-electron chi connectivity index (χ2n) is 5.20. The van der Waals surface area contributed by atoms with Gasteiger partial charge in [-0.2, -0.15) is 0 Å². The minimum absolute atomic E-state index is 0.0256. The molecule has 2 rings (SSSR count). The van der Waals surface area contributed by atoms with Gasteiger partial charge in [-0.3, -0.25) is 9.78 Å². The molecule has 0 aliphatic heterocycles. The number of hydrogen-bond donors (Lipinski definition) is 1. The zero-order chi connectivity index (χ0) is 15.2. The molecule has 1 heterocycles. The lowest BCUT2D eigenvalue weighted by Crippen LogP contribution is -2.44. The normalized spacial score (nSPS) is 13.5. The number of amides is 1. The van der Waals surface area contributed by atoms with Crippen molar-refractivity contribution in [3.63, 3.8) is 0 Å². The van der Waals surface area contributed by atoms with E-state index in [0.717, 1.165) is 11.1 Å². The van der Waals surface area contributed by atoms with E-state index in [1.54, 1.807) is 24.3 Å². The number of carbonyl (C=O) groups excluding carboxylic acids is 1. The Labute approximate surface area is 125 Å². The van der Waals surface area contributed by atoms with E-state index in [1.165, 1.54) is 0 Å². The topological polar surface area (TPSA) is 59.2 Å². The average molecular weight is 283 g/mol. The Hall–Kier alpha value is -2.20. The maximum Gasteiger partial charge on any atom is 0.240 e. The number of carbonyl (C=O) groups is 1. The molecular formula is C17H21N3O. The predicted octanol–water partition coefficient (Wildman–Crippen LogP) is 2.17. The van der Waals surface area contributed by atoms with E-state index in [2.05, 4.69) is 4.98 Å². The third-order valence-electron chi connectivity index (χ3n) is 3.73. The quantitative estimate of drug-likeness (QED) is 0.915. The predicted molar refractivity (Wildman–Crippen MR) is 83.5 cm³/mol. The van der Waals surface area contributed by atoms with E-state index in [4.69, 9.17) is 5.73 Å². The van der Waals surface area contributed by atoms with Crippen LogP contribution in [-0.2, 0) is 11.2 Å². The van der Waals surface area contributed by atoms with Crippen LogP contribution in [0.1, 0.15) is 24.1 Å². The molecule has 0 fully saturated rings. The molecule has 0 radical (unpaired) electrons. The minimum atomic E-state index is -0.526. The van der Waals surface area contributed by atoms with Gasteiger partial charge in [0.05, 0.1) is 12.1 Å². The van der Waals surface area contributed by atoms with E-state index in [0.29, 0.717) is 6.42 Å². The summed E-state index contributed by atoms with van der Waals surface area (Å²) in [4.78, 5) is 18.1. The summed E-state index contributed by atoms with van der Waals surface area (Å²) in [7, 11) is 1.79. The molecule has 0 spiro atoms. The molecule has 0 aliphatic carbocycles. The number of hydrogen-bond acceptors (Lipinski definition) is 3. The fourth-order valence-electron chi connectivity index (χ4n) is 2.27. The summed E-state index contributed by atoms with van der Waals surface area (Å²) in [6.07, 6.45) is 4.01. The Morgan fingerprint density at radius 2 is 1.81 bits per heavy atom. The summed E-state index contributed by atoms with van der Waals surface area (Å²) >= 11 is 0. The Morgan fingerprint density at radius 3 is 2.43 bits per heavy atom. The van der Waals surface area contributed by atoms with Gasteiger partial charge in [0.2, 0.25) is 5.91 Å². The van der Waals surface area contributed by atoms with Crippen LogP contribution in [0.25, 0.3) is 0 Å². The molecule has 4 nitrogen and oxygen atoms in total. The van der Waals surface area contributed by atoms with E-state index in [-0.39, 0.29) is 11.9 Å². The molecule has 1 aromatic heterocycles. The highest BCUT2D eigenvalue weighted by atomic mass is 16.2. The van der Waals surface area contributed by atoms with Crippen LogP contribution < -0.4 is 5.73 Å². The van der Waals surface area contributed by atoms with Gasteiger partial charge in [0.1, 0.15) is 0 Å². The lowest BCUT2D eigenvalue weighted by atomic mass is 10.0. The Balaban J connectivity index is 2.01. The zero-order valence-corrected chi connectivity index (χ0v) is 12.4. The molecule has 110 valence electrons. The van der Waals surface area contributed by atoms with Gasteiger partial charge in [0, 0.05) is 19.4 Å². The maximum absolute atomic E-state index is 12.4. The fraction of sp³-hybridized carbons (Fsp3) is 0.294. The highest BCUT2D eigenvalue weighted by Gasteiger charge is 2.23. The van der Waals surface area contributed by atoms with Crippen molar-refractivity contribution < 1.29 is 4.79 Å². The van der Waals surface area contributed by atoms with Crippen molar-refractivity contribution in [2.24, 2.45) is 5.73 Å². The molecule has 1 amide bonds. The van der Waals surface area contributed by atoms with Crippen molar-refractivity contribution in [2.45, 2.75) is 25.4 Å². The molecular weight excluding hydrogens is 262 g/mol. The van der Waals surface area contributed by atoms with Crippen molar-refractivity contribution >= 4 is 5.91 Å². The van der Waals surface area contributed by atoms with E-state index < -0.39 is 6.04 Å². The van der Waals surface area contributed by atoms with Gasteiger partial charge in [-0.25, -0.2) is 0 Å². The van der Waals surface area contributed by atoms with Crippen molar-refractivity contribution in [1.29, 1.82) is 0 Å². The molecule has 0 bridgehead atoms. The summed E-state index contributed by atoms with van der Waals surface area (Å²) in [5.41, 5.74) is 8.18. The number of rotatable bonds is 5. The van der Waals surface area contributed by atoms with Gasteiger partial charge in [0.15, 0.2) is 0 Å². The molecule has 2 aromatic rings. The molecule has 21 heavy (non-hydrogen) atoms. The van der Waals surface area contributed by atoms with Crippen molar-refractivity contribution in [1.82, 2.24) is 9.88 Å². The first-order valence-corrected chi connectivity index (χ1v) is 7.05. The summed E-state index contributed by atoms with van der Waals surface area (Å²) < 4.78 is 0. The van der Waals surface area contributed by atoms with Crippen LogP contribution in [0.2, 0.25) is 0 Å². The monoisotopic (exact) mass is 283 g/mol. The lowest BCUT2D eigenvalue weighted by molar-refractivity contribution is -0.133. The third kappa shape index (κ3) is 3.89. The molecule has 0 saturated carbocycles. The first-order chi connectivity index (χ1) is 10.1. The first-order valence-electron chi connectivity index (χ1n) is 7.05. The van der Waals surface area contributed by atoms with Crippen LogP contribution in [0.5, 0.6) is 0 Å². The van der Waals surface area contributed by atoms with Gasteiger partial charge >= 0.3 is 0 Å². The third-order valence-corrected chi connectivity index (χ3v) is 3.73. The fourth-order valence-corrected chi connectivity index (χ4v) is 2.27. The highest BCUT2D eigenvalue weighted by molar-refractivity contribution is 5.82. The summed E-state index contributed by atoms with van der Waals surface area (Å²) in [5.74, 6) is -0.0526. The number of benzene rings is 1. The molecule has 0 saturated heterocycles. The Bertz CT molecular complexity index is 571. The summed E-state index contributed by atoms with van der Waals surface area (Å²) in [5, 5.41) is 0. The number of likely N-dealkylation sites (N-methyl/N-ethyl adjacent to an activating group) is 1. The average Bonchev–Trinajstić information content (AvgIpc) is 2.54. The maximum atomic E-state index is 12.4. The standard InChI is InChI=1S/C17H21N3O/c1-13(15-8-10-19-11-9-15)20(2)17(21)16(18)12-14-6-4-3-5-7-14/h3-11,13,16H,12,18H2,1-2H3/t13?,16-/m1/s1. The van der Waals surface area contributed by atoms with E-state index in [9.17, 15) is 4.79 Å². The smallest absolute Gasteiger partial charge is 0.240 e. The number of nitrogens with two attached hydrogens (primary N) is 1. The summed E-state index contributed by atoms with van der Waals surface area (Å²) in [6, 6.07) is 13.1. The van der Waals surface area contributed by atoms with Gasteiger partial charge in [-0.1, -0.05) is 30.3 Å². The number of aromatic nitrogens is 1. The Morgan fingerprint density at radius 1 is 1.19 bits per heavy atom. The van der Waals surface area contributed by atoms with Crippen molar-refractivity contribution in [3.05, 3.63) is 66.0 Å². The van der Waals surface area contributed by atoms with Gasteiger partial charge in [-0.15, -0.1) is 0 Å². The van der Waals surface area contributed by atoms with Crippen molar-refractivity contribution in [2.75, 3.05) is 7.05 Å². The molecule has 4 heteroatoms. The second-order valence-corrected chi connectivity index (χ2v) is 5.20. The largest absolute Gasteiger partial charge is 0.338 e.